The minimum absolute atomic E-state index is 0.196. The van der Waals surface area contributed by atoms with Gasteiger partial charge < -0.3 is 14.0 Å². The van der Waals surface area contributed by atoms with Gasteiger partial charge in [-0.2, -0.15) is 0 Å². The van der Waals surface area contributed by atoms with Crippen molar-refractivity contribution in [2.75, 3.05) is 7.11 Å². The van der Waals surface area contributed by atoms with Crippen LogP contribution in [0.25, 0.3) is 0 Å². The van der Waals surface area contributed by atoms with E-state index in [-0.39, 0.29) is 18.3 Å². The van der Waals surface area contributed by atoms with Crippen LogP contribution in [0.15, 0.2) is 11.5 Å². The molecule has 0 N–H and O–H groups in total. The highest BCUT2D eigenvalue weighted by atomic mass is 16.7. The normalized spacial score (nSPS) is 31.4. The van der Waals surface area contributed by atoms with Crippen molar-refractivity contribution in [1.29, 1.82) is 0 Å². The van der Waals surface area contributed by atoms with Crippen LogP contribution in [0, 0.1) is 0 Å². The van der Waals surface area contributed by atoms with E-state index in [1.54, 1.807) is 7.11 Å². The fourth-order valence-electron chi connectivity index (χ4n) is 1.98. The highest BCUT2D eigenvalue weighted by Crippen LogP contribution is 2.38. The first-order valence-corrected chi connectivity index (χ1v) is 5.92. The molecule has 0 bridgehead atoms. The number of methoxy groups -OCH3 is 1. The molecule has 0 aromatic carbocycles. The molecule has 2 aliphatic rings. The second-order valence-corrected chi connectivity index (χ2v) is 5.72. The van der Waals surface area contributed by atoms with Crippen LogP contribution in [0.4, 0.5) is 0 Å². The molecule has 3 nitrogen and oxygen atoms in total. The highest BCUT2D eigenvalue weighted by molar-refractivity contribution is 6.51. The molecule has 1 aliphatic heterocycles. The first kappa shape index (κ1) is 12.2. The van der Waals surface area contributed by atoms with Crippen molar-refractivity contribution in [3.63, 3.8) is 0 Å². The summed E-state index contributed by atoms with van der Waals surface area (Å²) in [6.45, 7) is 8.29. The molecule has 4 heteroatoms. The van der Waals surface area contributed by atoms with Gasteiger partial charge in [0.05, 0.1) is 17.3 Å². The Hall–Kier alpha value is -0.315. The van der Waals surface area contributed by atoms with Gasteiger partial charge in [0, 0.05) is 7.11 Å². The van der Waals surface area contributed by atoms with Gasteiger partial charge in [-0.05, 0) is 40.5 Å². The van der Waals surface area contributed by atoms with E-state index in [0.29, 0.717) is 6.10 Å². The van der Waals surface area contributed by atoms with Crippen LogP contribution in [0.5, 0.6) is 0 Å². The van der Waals surface area contributed by atoms with Gasteiger partial charge >= 0.3 is 7.12 Å². The molecule has 1 aliphatic carbocycles. The van der Waals surface area contributed by atoms with Crippen LogP contribution in [0.2, 0.25) is 0 Å². The second kappa shape index (κ2) is 3.86. The zero-order chi connectivity index (χ0) is 12.0. The quantitative estimate of drug-likeness (QED) is 0.674. The number of hydrogen-bond acceptors (Lipinski definition) is 3. The van der Waals surface area contributed by atoms with Gasteiger partial charge in [-0.1, -0.05) is 11.5 Å². The molecule has 0 radical (unpaired) electrons. The number of ether oxygens (including phenoxy) is 1. The highest BCUT2D eigenvalue weighted by Gasteiger charge is 2.50. The van der Waals surface area contributed by atoms with Gasteiger partial charge in [0.1, 0.15) is 0 Å². The van der Waals surface area contributed by atoms with Crippen molar-refractivity contribution in [3.8, 4) is 0 Å². The van der Waals surface area contributed by atoms with E-state index in [1.165, 1.54) is 5.57 Å². The van der Waals surface area contributed by atoms with Gasteiger partial charge in [-0.25, -0.2) is 0 Å². The molecular formula is C12H21BO3. The maximum Gasteiger partial charge on any atom is 0.487 e. The first-order valence-electron chi connectivity index (χ1n) is 5.92. The monoisotopic (exact) mass is 224 g/mol. The molecule has 0 amide bonds. The molecule has 2 fully saturated rings. The second-order valence-electron chi connectivity index (χ2n) is 5.72. The summed E-state index contributed by atoms with van der Waals surface area (Å²) < 4.78 is 17.0. The molecule has 90 valence electrons. The topological polar surface area (TPSA) is 27.7 Å². The average molecular weight is 224 g/mol. The SMILES string of the molecule is COC1CC(=CB2OC(C)(C)C(C)(C)O2)C1. The molecular weight excluding hydrogens is 203 g/mol. The smallest absolute Gasteiger partial charge is 0.400 e. The summed E-state index contributed by atoms with van der Waals surface area (Å²) in [7, 11) is 1.56. The Bertz CT molecular complexity index is 285. The third kappa shape index (κ3) is 2.06. The third-order valence-corrected chi connectivity index (χ3v) is 3.96. The lowest BCUT2D eigenvalue weighted by Gasteiger charge is -2.32. The molecule has 1 heterocycles. The Balaban J connectivity index is 1.95. The van der Waals surface area contributed by atoms with Crippen LogP contribution in [-0.4, -0.2) is 31.5 Å². The van der Waals surface area contributed by atoms with Crippen molar-refractivity contribution in [3.05, 3.63) is 11.5 Å². The molecule has 0 aromatic heterocycles. The van der Waals surface area contributed by atoms with Crippen molar-refractivity contribution >= 4 is 7.12 Å². The van der Waals surface area contributed by atoms with E-state index in [4.69, 9.17) is 14.0 Å². The summed E-state index contributed by atoms with van der Waals surface area (Å²) in [6.07, 6.45) is 2.43. The Labute approximate surface area is 98.3 Å². The predicted molar refractivity (Wildman–Crippen MR) is 64.2 cm³/mol. The van der Waals surface area contributed by atoms with E-state index in [2.05, 4.69) is 33.7 Å². The third-order valence-electron chi connectivity index (χ3n) is 3.96. The van der Waals surface area contributed by atoms with Crippen molar-refractivity contribution in [2.24, 2.45) is 0 Å². The summed E-state index contributed by atoms with van der Waals surface area (Å²) in [6, 6.07) is 0. The van der Waals surface area contributed by atoms with Gasteiger partial charge in [0.15, 0.2) is 0 Å². The van der Waals surface area contributed by atoms with E-state index in [0.717, 1.165) is 12.8 Å². The molecule has 0 unspecified atom stereocenters. The lowest BCUT2D eigenvalue weighted by molar-refractivity contribution is 0.00578. The van der Waals surface area contributed by atoms with Crippen LogP contribution in [-0.2, 0) is 14.0 Å². The summed E-state index contributed by atoms with van der Waals surface area (Å²) in [4.78, 5) is 0. The molecule has 16 heavy (non-hydrogen) atoms. The minimum Gasteiger partial charge on any atom is -0.400 e. The summed E-state index contributed by atoms with van der Waals surface area (Å²) in [5.74, 6) is 2.10. The maximum absolute atomic E-state index is 5.90. The van der Waals surface area contributed by atoms with E-state index in [1.807, 2.05) is 0 Å². The largest absolute Gasteiger partial charge is 0.487 e. The zero-order valence-electron chi connectivity index (χ0n) is 10.9. The molecule has 0 atom stereocenters. The van der Waals surface area contributed by atoms with Gasteiger partial charge in [0.2, 0.25) is 0 Å². The molecule has 2 rings (SSSR count). The Morgan fingerprint density at radius 2 is 1.69 bits per heavy atom. The van der Waals surface area contributed by atoms with E-state index >= 15 is 0 Å². The van der Waals surface area contributed by atoms with Crippen molar-refractivity contribution in [1.82, 2.24) is 0 Å². The van der Waals surface area contributed by atoms with Crippen LogP contribution >= 0.6 is 0 Å². The first-order chi connectivity index (χ1) is 7.34. The lowest BCUT2D eigenvalue weighted by Crippen LogP contribution is -2.41. The maximum atomic E-state index is 5.90. The summed E-state index contributed by atoms with van der Waals surface area (Å²) in [5, 5.41) is 0. The lowest BCUT2D eigenvalue weighted by atomic mass is 9.78. The fourth-order valence-corrected chi connectivity index (χ4v) is 1.98. The average Bonchev–Trinajstić information content (AvgIpc) is 2.27. The Morgan fingerprint density at radius 1 is 1.19 bits per heavy atom. The molecule has 1 saturated heterocycles. The number of rotatable bonds is 2. The van der Waals surface area contributed by atoms with E-state index < -0.39 is 0 Å². The van der Waals surface area contributed by atoms with Crippen molar-refractivity contribution < 1.29 is 14.0 Å². The zero-order valence-corrected chi connectivity index (χ0v) is 10.9. The predicted octanol–water partition coefficient (Wildman–Crippen LogP) is 2.35. The van der Waals surface area contributed by atoms with Crippen LogP contribution < -0.4 is 0 Å². The minimum atomic E-state index is -0.237. The van der Waals surface area contributed by atoms with Gasteiger partial charge in [-0.15, -0.1) is 0 Å². The summed E-state index contributed by atoms with van der Waals surface area (Å²) >= 11 is 0. The molecule has 0 aromatic rings. The Kier molecular flexibility index (Phi) is 2.93. The molecule has 1 saturated carbocycles. The molecule has 0 spiro atoms. The van der Waals surface area contributed by atoms with Crippen molar-refractivity contribution in [2.45, 2.75) is 57.8 Å². The van der Waals surface area contributed by atoms with Crippen LogP contribution in [0.3, 0.4) is 0 Å². The standard InChI is InChI=1S/C12H21BO3/c1-11(2)12(3,4)16-13(15-11)8-9-6-10(7-9)14-5/h8,10H,6-7H2,1-5H3. The van der Waals surface area contributed by atoms with E-state index in [9.17, 15) is 0 Å². The summed E-state index contributed by atoms with van der Waals surface area (Å²) in [5.41, 5.74) is 0.906. The van der Waals surface area contributed by atoms with Gasteiger partial charge in [0.25, 0.3) is 0 Å². The van der Waals surface area contributed by atoms with Crippen LogP contribution in [0.1, 0.15) is 40.5 Å². The number of hydrogen-bond donors (Lipinski definition) is 0. The fraction of sp³-hybridized carbons (Fsp3) is 0.833. The van der Waals surface area contributed by atoms with Gasteiger partial charge in [-0.3, -0.25) is 0 Å². The Morgan fingerprint density at radius 3 is 2.12 bits per heavy atom.